The SMILES string of the molecule is CC(C)CNC(=O)CNC(=O)c1ccc(O)cc1F. The molecule has 19 heavy (non-hydrogen) atoms. The second-order valence-electron chi connectivity index (χ2n) is 4.54. The number of hydrogen-bond acceptors (Lipinski definition) is 3. The monoisotopic (exact) mass is 268 g/mol. The average molecular weight is 268 g/mol. The Morgan fingerprint density at radius 3 is 2.58 bits per heavy atom. The number of aromatic hydroxyl groups is 1. The second-order valence-corrected chi connectivity index (χ2v) is 4.54. The Kier molecular flexibility index (Phi) is 5.29. The summed E-state index contributed by atoms with van der Waals surface area (Å²) in [5.74, 6) is -1.81. The van der Waals surface area contributed by atoms with E-state index < -0.39 is 11.7 Å². The van der Waals surface area contributed by atoms with E-state index in [4.69, 9.17) is 5.11 Å². The fourth-order valence-corrected chi connectivity index (χ4v) is 1.32. The molecule has 104 valence electrons. The molecule has 2 amide bonds. The molecule has 0 fully saturated rings. The summed E-state index contributed by atoms with van der Waals surface area (Å²) in [6.07, 6.45) is 0. The fourth-order valence-electron chi connectivity index (χ4n) is 1.32. The predicted octanol–water partition coefficient (Wildman–Crippen LogP) is 1.03. The van der Waals surface area contributed by atoms with Crippen LogP contribution < -0.4 is 10.6 Å². The van der Waals surface area contributed by atoms with Crippen molar-refractivity contribution in [2.45, 2.75) is 13.8 Å². The van der Waals surface area contributed by atoms with Crippen LogP contribution in [0.25, 0.3) is 0 Å². The zero-order valence-corrected chi connectivity index (χ0v) is 10.9. The quantitative estimate of drug-likeness (QED) is 0.746. The third-order valence-electron chi connectivity index (χ3n) is 2.31. The van der Waals surface area contributed by atoms with Crippen molar-refractivity contribution in [2.24, 2.45) is 5.92 Å². The second kappa shape index (κ2) is 6.72. The first-order valence-electron chi connectivity index (χ1n) is 5.93. The van der Waals surface area contributed by atoms with E-state index in [1.807, 2.05) is 13.8 Å². The molecule has 1 rings (SSSR count). The summed E-state index contributed by atoms with van der Waals surface area (Å²) >= 11 is 0. The number of phenols is 1. The van der Waals surface area contributed by atoms with E-state index in [2.05, 4.69) is 10.6 Å². The molecule has 0 unspecified atom stereocenters. The molecular weight excluding hydrogens is 251 g/mol. The van der Waals surface area contributed by atoms with Gasteiger partial charge in [0.1, 0.15) is 11.6 Å². The van der Waals surface area contributed by atoms with Gasteiger partial charge in [0.2, 0.25) is 5.91 Å². The number of benzene rings is 1. The predicted molar refractivity (Wildman–Crippen MR) is 68.2 cm³/mol. The zero-order valence-electron chi connectivity index (χ0n) is 10.9. The number of carbonyl (C=O) groups is 2. The summed E-state index contributed by atoms with van der Waals surface area (Å²) in [6, 6.07) is 3.20. The fraction of sp³-hybridized carbons (Fsp3) is 0.385. The van der Waals surface area contributed by atoms with Crippen molar-refractivity contribution in [1.82, 2.24) is 10.6 Å². The van der Waals surface area contributed by atoms with Crippen molar-refractivity contribution in [2.75, 3.05) is 13.1 Å². The van der Waals surface area contributed by atoms with Gasteiger partial charge in [0, 0.05) is 12.6 Å². The number of amides is 2. The van der Waals surface area contributed by atoms with Crippen LogP contribution in [0.5, 0.6) is 5.75 Å². The van der Waals surface area contributed by atoms with E-state index >= 15 is 0 Å². The molecule has 1 aromatic rings. The molecule has 6 heteroatoms. The first kappa shape index (κ1) is 14.9. The van der Waals surface area contributed by atoms with E-state index in [9.17, 15) is 14.0 Å². The van der Waals surface area contributed by atoms with E-state index in [-0.39, 0.29) is 23.8 Å². The highest BCUT2D eigenvalue weighted by atomic mass is 19.1. The van der Waals surface area contributed by atoms with Crippen LogP contribution in [0.1, 0.15) is 24.2 Å². The number of halogens is 1. The van der Waals surface area contributed by atoms with Crippen molar-refractivity contribution in [1.29, 1.82) is 0 Å². The Hall–Kier alpha value is -2.11. The van der Waals surface area contributed by atoms with Crippen molar-refractivity contribution >= 4 is 11.8 Å². The molecule has 0 spiro atoms. The molecule has 0 saturated heterocycles. The standard InChI is InChI=1S/C13H17FN2O3/c1-8(2)6-15-12(18)7-16-13(19)10-4-3-9(17)5-11(10)14/h3-5,8,17H,6-7H2,1-2H3,(H,15,18)(H,16,19). The van der Waals surface area contributed by atoms with Crippen molar-refractivity contribution in [3.8, 4) is 5.75 Å². The number of hydrogen-bond donors (Lipinski definition) is 3. The zero-order chi connectivity index (χ0) is 14.4. The largest absolute Gasteiger partial charge is 0.508 e. The van der Waals surface area contributed by atoms with Gasteiger partial charge >= 0.3 is 0 Å². The lowest BCUT2D eigenvalue weighted by Crippen LogP contribution is -2.38. The first-order chi connectivity index (χ1) is 8.90. The summed E-state index contributed by atoms with van der Waals surface area (Å²) in [4.78, 5) is 23.0. The maximum absolute atomic E-state index is 13.4. The summed E-state index contributed by atoms with van der Waals surface area (Å²) in [7, 11) is 0. The van der Waals surface area contributed by atoms with Crippen molar-refractivity contribution in [3.05, 3.63) is 29.6 Å². The average Bonchev–Trinajstić information content (AvgIpc) is 2.33. The summed E-state index contributed by atoms with van der Waals surface area (Å²) in [5.41, 5.74) is -0.213. The molecule has 0 aliphatic carbocycles. The first-order valence-corrected chi connectivity index (χ1v) is 5.93. The van der Waals surface area contributed by atoms with E-state index in [0.29, 0.717) is 12.5 Å². The number of phenolic OH excluding ortho intramolecular Hbond substituents is 1. The maximum Gasteiger partial charge on any atom is 0.254 e. The van der Waals surface area contributed by atoms with Crippen LogP contribution in [0.2, 0.25) is 0 Å². The summed E-state index contributed by atoms with van der Waals surface area (Å²) < 4.78 is 13.4. The van der Waals surface area contributed by atoms with Crippen molar-refractivity contribution in [3.63, 3.8) is 0 Å². The van der Waals surface area contributed by atoms with E-state index in [0.717, 1.165) is 12.1 Å². The van der Waals surface area contributed by atoms with Gasteiger partial charge in [0.15, 0.2) is 0 Å². The Bertz CT molecular complexity index is 475. The Labute approximate surface area is 110 Å². The van der Waals surface area contributed by atoms with Crippen LogP contribution in [0.15, 0.2) is 18.2 Å². The summed E-state index contributed by atoms with van der Waals surface area (Å²) in [6.45, 7) is 4.20. The molecule has 0 atom stereocenters. The number of rotatable bonds is 5. The van der Waals surface area contributed by atoms with Gasteiger partial charge < -0.3 is 15.7 Å². The minimum atomic E-state index is -0.833. The molecule has 0 heterocycles. The van der Waals surface area contributed by atoms with E-state index in [1.165, 1.54) is 6.07 Å². The lowest BCUT2D eigenvalue weighted by molar-refractivity contribution is -0.120. The highest BCUT2D eigenvalue weighted by Crippen LogP contribution is 2.14. The van der Waals surface area contributed by atoms with Gasteiger partial charge in [0.05, 0.1) is 12.1 Å². The lowest BCUT2D eigenvalue weighted by atomic mass is 10.2. The molecule has 0 aliphatic heterocycles. The van der Waals surface area contributed by atoms with Crippen LogP contribution >= 0.6 is 0 Å². The van der Waals surface area contributed by atoms with Gasteiger partial charge in [-0.25, -0.2) is 4.39 Å². The van der Waals surface area contributed by atoms with Gasteiger partial charge in [0.25, 0.3) is 5.91 Å². The molecule has 5 nitrogen and oxygen atoms in total. The highest BCUT2D eigenvalue weighted by Gasteiger charge is 2.13. The maximum atomic E-state index is 13.4. The minimum Gasteiger partial charge on any atom is -0.508 e. The van der Waals surface area contributed by atoms with Crippen LogP contribution in [0.3, 0.4) is 0 Å². The molecule has 3 N–H and O–H groups in total. The van der Waals surface area contributed by atoms with Crippen LogP contribution in [-0.4, -0.2) is 30.0 Å². The van der Waals surface area contributed by atoms with Crippen LogP contribution in [0, 0.1) is 11.7 Å². The summed E-state index contributed by atoms with van der Waals surface area (Å²) in [5, 5.41) is 14.0. The van der Waals surface area contributed by atoms with E-state index in [1.54, 1.807) is 0 Å². The van der Waals surface area contributed by atoms with Gasteiger partial charge in [-0.3, -0.25) is 9.59 Å². The molecule has 0 aromatic heterocycles. The van der Waals surface area contributed by atoms with Gasteiger partial charge in [-0.2, -0.15) is 0 Å². The Balaban J connectivity index is 2.49. The van der Waals surface area contributed by atoms with Crippen LogP contribution in [-0.2, 0) is 4.79 Å². The Morgan fingerprint density at radius 1 is 1.32 bits per heavy atom. The van der Waals surface area contributed by atoms with Gasteiger partial charge in [-0.1, -0.05) is 13.8 Å². The van der Waals surface area contributed by atoms with Crippen molar-refractivity contribution < 1.29 is 19.1 Å². The third-order valence-corrected chi connectivity index (χ3v) is 2.31. The Morgan fingerprint density at radius 2 is 2.00 bits per heavy atom. The van der Waals surface area contributed by atoms with Crippen LogP contribution in [0.4, 0.5) is 4.39 Å². The normalized spacial score (nSPS) is 10.3. The molecular formula is C13H17FN2O3. The number of carbonyl (C=O) groups excluding carboxylic acids is 2. The molecule has 1 aromatic carbocycles. The molecule has 0 saturated carbocycles. The molecule has 0 radical (unpaired) electrons. The molecule has 0 aliphatic rings. The van der Waals surface area contributed by atoms with Gasteiger partial charge in [-0.05, 0) is 18.1 Å². The highest BCUT2D eigenvalue weighted by molar-refractivity contribution is 5.96. The van der Waals surface area contributed by atoms with Gasteiger partial charge in [-0.15, -0.1) is 0 Å². The lowest BCUT2D eigenvalue weighted by Gasteiger charge is -2.09. The minimum absolute atomic E-state index is 0.213. The third kappa shape index (κ3) is 4.95. The molecule has 0 bridgehead atoms. The smallest absolute Gasteiger partial charge is 0.254 e. The topological polar surface area (TPSA) is 78.4 Å². The number of nitrogens with one attached hydrogen (secondary N) is 2.